The molecule has 2 N–H and O–H groups in total. The molecule has 0 aliphatic rings. The smallest absolute Gasteiger partial charge is 0.336 e. The van der Waals surface area contributed by atoms with Crippen LogP contribution in [0.3, 0.4) is 0 Å². The molecule has 0 atom stereocenters. The minimum absolute atomic E-state index is 0.123. The summed E-state index contributed by atoms with van der Waals surface area (Å²) in [6.45, 7) is 1.61. The van der Waals surface area contributed by atoms with Crippen LogP contribution in [-0.4, -0.2) is 27.3 Å². The number of aromatic carboxylic acids is 1. The van der Waals surface area contributed by atoms with E-state index in [4.69, 9.17) is 5.11 Å². The van der Waals surface area contributed by atoms with Crippen molar-refractivity contribution >= 4 is 23.6 Å². The molecule has 7 nitrogen and oxygen atoms in total. The van der Waals surface area contributed by atoms with E-state index in [-0.39, 0.29) is 22.6 Å². The highest BCUT2D eigenvalue weighted by Crippen LogP contribution is 2.25. The van der Waals surface area contributed by atoms with Crippen LogP contribution in [0.25, 0.3) is 0 Å². The van der Waals surface area contributed by atoms with E-state index in [2.05, 4.69) is 4.99 Å². The fourth-order valence-corrected chi connectivity index (χ4v) is 1.89. The van der Waals surface area contributed by atoms with Gasteiger partial charge in [0.2, 0.25) is 0 Å². The Balaban J connectivity index is 2.41. The number of aromatic hydroxyl groups is 1. The maximum absolute atomic E-state index is 11.1. The summed E-state index contributed by atoms with van der Waals surface area (Å²) in [4.78, 5) is 25.3. The van der Waals surface area contributed by atoms with Gasteiger partial charge in [0.15, 0.2) is 0 Å². The Morgan fingerprint density at radius 1 is 1.32 bits per heavy atom. The molecule has 0 aromatic heterocycles. The van der Waals surface area contributed by atoms with E-state index in [1.54, 1.807) is 19.1 Å². The standard InChI is InChI=1S/C15H12N2O5/c1-9-12(15(19)20)3-2-4-13(9)16-8-10-7-11(17(21)22)5-6-14(10)18/h2-8,18H,1H3,(H,19,20). The molecule has 0 saturated heterocycles. The van der Waals surface area contributed by atoms with E-state index in [0.717, 1.165) is 0 Å². The van der Waals surface area contributed by atoms with E-state index >= 15 is 0 Å². The quantitative estimate of drug-likeness (QED) is 0.512. The van der Waals surface area contributed by atoms with Gasteiger partial charge < -0.3 is 10.2 Å². The van der Waals surface area contributed by atoms with Gasteiger partial charge in [-0.25, -0.2) is 4.79 Å². The van der Waals surface area contributed by atoms with Crippen molar-refractivity contribution in [1.29, 1.82) is 0 Å². The molecular weight excluding hydrogens is 288 g/mol. The summed E-state index contributed by atoms with van der Waals surface area (Å²) >= 11 is 0. The molecule has 0 amide bonds. The summed E-state index contributed by atoms with van der Waals surface area (Å²) in [5.74, 6) is -1.21. The van der Waals surface area contributed by atoms with Gasteiger partial charge in [0.05, 0.1) is 16.2 Å². The predicted octanol–water partition coefficient (Wildman–Crippen LogP) is 3.06. The van der Waals surface area contributed by atoms with Crippen molar-refractivity contribution in [3.8, 4) is 5.75 Å². The lowest BCUT2D eigenvalue weighted by atomic mass is 10.1. The number of nitrogens with zero attached hydrogens (tertiary/aromatic N) is 2. The molecule has 2 aromatic rings. The lowest BCUT2D eigenvalue weighted by Gasteiger charge is -2.04. The van der Waals surface area contributed by atoms with Crippen LogP contribution in [0.4, 0.5) is 11.4 Å². The number of phenols is 1. The fraction of sp³-hybridized carbons (Fsp3) is 0.0667. The molecule has 22 heavy (non-hydrogen) atoms. The molecule has 0 heterocycles. The Morgan fingerprint density at radius 2 is 2.05 bits per heavy atom. The summed E-state index contributed by atoms with van der Waals surface area (Å²) in [5.41, 5.74) is 1.00. The van der Waals surface area contributed by atoms with E-state index in [9.17, 15) is 20.0 Å². The first-order valence-electron chi connectivity index (χ1n) is 6.24. The average Bonchev–Trinajstić information content (AvgIpc) is 2.47. The zero-order chi connectivity index (χ0) is 16.3. The molecule has 0 saturated carbocycles. The van der Waals surface area contributed by atoms with Crippen molar-refractivity contribution in [2.75, 3.05) is 0 Å². The lowest BCUT2D eigenvalue weighted by molar-refractivity contribution is -0.384. The Bertz CT molecular complexity index is 779. The summed E-state index contributed by atoms with van der Waals surface area (Å²) < 4.78 is 0. The third-order valence-electron chi connectivity index (χ3n) is 3.10. The number of benzene rings is 2. The minimum Gasteiger partial charge on any atom is -0.507 e. The Hall–Kier alpha value is -3.22. The Kier molecular flexibility index (Phi) is 4.17. The van der Waals surface area contributed by atoms with E-state index in [1.165, 1.54) is 30.5 Å². The van der Waals surface area contributed by atoms with Crippen LogP contribution >= 0.6 is 0 Å². The third-order valence-corrected chi connectivity index (χ3v) is 3.10. The maximum Gasteiger partial charge on any atom is 0.336 e. The first-order chi connectivity index (χ1) is 10.4. The van der Waals surface area contributed by atoms with Crippen LogP contribution in [0.5, 0.6) is 5.75 Å². The molecule has 7 heteroatoms. The van der Waals surface area contributed by atoms with Gasteiger partial charge >= 0.3 is 5.97 Å². The van der Waals surface area contributed by atoms with Crippen LogP contribution in [0.15, 0.2) is 41.4 Å². The SMILES string of the molecule is Cc1c(N=Cc2cc([N+](=O)[O-])ccc2O)cccc1C(=O)O. The largest absolute Gasteiger partial charge is 0.507 e. The van der Waals surface area contributed by atoms with Gasteiger partial charge in [-0.1, -0.05) is 6.07 Å². The zero-order valence-corrected chi connectivity index (χ0v) is 11.6. The number of nitro groups is 1. The van der Waals surface area contributed by atoms with Crippen molar-refractivity contribution in [2.24, 2.45) is 4.99 Å². The Morgan fingerprint density at radius 3 is 2.68 bits per heavy atom. The van der Waals surface area contributed by atoms with E-state index < -0.39 is 10.9 Å². The fourth-order valence-electron chi connectivity index (χ4n) is 1.89. The van der Waals surface area contributed by atoms with Crippen LogP contribution in [0.1, 0.15) is 21.5 Å². The Labute approximate surface area is 125 Å². The summed E-state index contributed by atoms with van der Waals surface area (Å²) in [6.07, 6.45) is 1.26. The molecule has 0 unspecified atom stereocenters. The highest BCUT2D eigenvalue weighted by atomic mass is 16.6. The number of carboxylic acids is 1. The van der Waals surface area contributed by atoms with Gasteiger partial charge in [-0.15, -0.1) is 0 Å². The van der Waals surface area contributed by atoms with Crippen LogP contribution in [-0.2, 0) is 0 Å². The first kappa shape index (κ1) is 15.2. The van der Waals surface area contributed by atoms with Crippen molar-refractivity contribution < 1.29 is 19.9 Å². The molecular formula is C15H12N2O5. The van der Waals surface area contributed by atoms with Gasteiger partial charge in [-0.3, -0.25) is 15.1 Å². The molecule has 2 rings (SSSR count). The van der Waals surface area contributed by atoms with Crippen LogP contribution in [0, 0.1) is 17.0 Å². The number of carbonyl (C=O) groups is 1. The second-order valence-electron chi connectivity index (χ2n) is 4.51. The topological polar surface area (TPSA) is 113 Å². The molecule has 2 aromatic carbocycles. The monoisotopic (exact) mass is 300 g/mol. The molecule has 0 spiro atoms. The number of carboxylic acid groups (broad SMARTS) is 1. The average molecular weight is 300 g/mol. The summed E-state index contributed by atoms with van der Waals surface area (Å²) in [6, 6.07) is 8.21. The minimum atomic E-state index is -1.06. The number of rotatable bonds is 4. The van der Waals surface area contributed by atoms with Crippen molar-refractivity contribution in [3.63, 3.8) is 0 Å². The normalized spacial score (nSPS) is 10.8. The molecule has 0 bridgehead atoms. The lowest BCUT2D eigenvalue weighted by Crippen LogP contribution is -1.99. The van der Waals surface area contributed by atoms with Gasteiger partial charge in [0, 0.05) is 23.9 Å². The van der Waals surface area contributed by atoms with Crippen molar-refractivity contribution in [1.82, 2.24) is 0 Å². The first-order valence-corrected chi connectivity index (χ1v) is 6.24. The summed E-state index contributed by atoms with van der Waals surface area (Å²) in [5, 5.41) is 29.5. The number of aliphatic imine (C=N–C) groups is 1. The second kappa shape index (κ2) is 6.04. The highest BCUT2D eigenvalue weighted by Gasteiger charge is 2.11. The highest BCUT2D eigenvalue weighted by molar-refractivity contribution is 5.92. The molecule has 112 valence electrons. The van der Waals surface area contributed by atoms with Gasteiger partial charge in [0.25, 0.3) is 5.69 Å². The molecule has 0 aliphatic carbocycles. The number of nitro benzene ring substituents is 1. The van der Waals surface area contributed by atoms with E-state index in [0.29, 0.717) is 11.3 Å². The van der Waals surface area contributed by atoms with Crippen LogP contribution < -0.4 is 0 Å². The number of phenolic OH excluding ortho intramolecular Hbond substituents is 1. The van der Waals surface area contributed by atoms with Gasteiger partial charge in [0.1, 0.15) is 5.75 Å². The zero-order valence-electron chi connectivity index (χ0n) is 11.6. The van der Waals surface area contributed by atoms with E-state index in [1.807, 2.05) is 0 Å². The number of hydrogen-bond donors (Lipinski definition) is 2. The predicted molar refractivity (Wildman–Crippen MR) is 80.2 cm³/mol. The third kappa shape index (κ3) is 3.09. The number of non-ortho nitro benzene ring substituents is 1. The second-order valence-corrected chi connectivity index (χ2v) is 4.51. The molecule has 0 radical (unpaired) electrons. The summed E-state index contributed by atoms with van der Waals surface area (Å²) in [7, 11) is 0. The van der Waals surface area contributed by atoms with Crippen molar-refractivity contribution in [3.05, 3.63) is 63.2 Å². The van der Waals surface area contributed by atoms with Crippen molar-refractivity contribution in [2.45, 2.75) is 6.92 Å². The van der Waals surface area contributed by atoms with Crippen LogP contribution in [0.2, 0.25) is 0 Å². The molecule has 0 fully saturated rings. The number of hydrogen-bond acceptors (Lipinski definition) is 5. The van der Waals surface area contributed by atoms with Gasteiger partial charge in [-0.05, 0) is 30.7 Å². The maximum atomic E-state index is 11.1. The van der Waals surface area contributed by atoms with Gasteiger partial charge in [-0.2, -0.15) is 0 Å². The molecule has 0 aliphatic heterocycles.